The standard InChI is InChI=1S/C14H17BrO3/c1-4-18-14(17)12(9(2)3)13(16)10-5-7-11(15)8-6-10/h5-9,12H,4H2,1-3H3. The van der Waals surface area contributed by atoms with Crippen LogP contribution in [0.5, 0.6) is 0 Å². The zero-order chi connectivity index (χ0) is 13.7. The fourth-order valence-corrected chi connectivity index (χ4v) is 1.97. The quantitative estimate of drug-likeness (QED) is 0.475. The smallest absolute Gasteiger partial charge is 0.317 e. The number of esters is 1. The third kappa shape index (κ3) is 3.67. The van der Waals surface area contributed by atoms with Crippen LogP contribution in [-0.2, 0) is 9.53 Å². The maximum Gasteiger partial charge on any atom is 0.317 e. The van der Waals surface area contributed by atoms with Crippen molar-refractivity contribution in [3.63, 3.8) is 0 Å². The van der Waals surface area contributed by atoms with E-state index in [1.807, 2.05) is 13.8 Å². The maximum absolute atomic E-state index is 12.3. The van der Waals surface area contributed by atoms with E-state index in [1.54, 1.807) is 31.2 Å². The highest BCUT2D eigenvalue weighted by atomic mass is 79.9. The first-order chi connectivity index (χ1) is 8.47. The van der Waals surface area contributed by atoms with Crippen LogP contribution in [0.25, 0.3) is 0 Å². The SMILES string of the molecule is CCOC(=O)C(C(=O)c1ccc(Br)cc1)C(C)C. The van der Waals surface area contributed by atoms with Crippen molar-refractivity contribution in [2.45, 2.75) is 20.8 Å². The Bertz CT molecular complexity index is 423. The minimum Gasteiger partial charge on any atom is -0.465 e. The summed E-state index contributed by atoms with van der Waals surface area (Å²) in [5.41, 5.74) is 0.532. The molecule has 0 N–H and O–H groups in total. The van der Waals surface area contributed by atoms with Crippen LogP contribution < -0.4 is 0 Å². The molecule has 0 heterocycles. The largest absolute Gasteiger partial charge is 0.465 e. The van der Waals surface area contributed by atoms with E-state index in [2.05, 4.69) is 15.9 Å². The molecule has 0 saturated carbocycles. The summed E-state index contributed by atoms with van der Waals surface area (Å²) in [4.78, 5) is 24.1. The van der Waals surface area contributed by atoms with Crippen LogP contribution in [0.1, 0.15) is 31.1 Å². The molecule has 4 heteroatoms. The Labute approximate surface area is 116 Å². The highest BCUT2D eigenvalue weighted by molar-refractivity contribution is 9.10. The molecule has 0 aliphatic heterocycles. The second kappa shape index (κ2) is 6.69. The Morgan fingerprint density at radius 2 is 1.78 bits per heavy atom. The molecule has 0 spiro atoms. The van der Waals surface area contributed by atoms with Crippen molar-refractivity contribution in [1.82, 2.24) is 0 Å². The number of carbonyl (C=O) groups excluding carboxylic acids is 2. The lowest BCUT2D eigenvalue weighted by atomic mass is 9.88. The first-order valence-electron chi connectivity index (χ1n) is 5.93. The molecule has 1 aromatic rings. The van der Waals surface area contributed by atoms with Crippen molar-refractivity contribution in [3.05, 3.63) is 34.3 Å². The van der Waals surface area contributed by atoms with Crippen molar-refractivity contribution in [3.8, 4) is 0 Å². The average molecular weight is 313 g/mol. The van der Waals surface area contributed by atoms with Gasteiger partial charge in [-0.15, -0.1) is 0 Å². The van der Waals surface area contributed by atoms with Crippen LogP contribution in [0.4, 0.5) is 0 Å². The monoisotopic (exact) mass is 312 g/mol. The Balaban J connectivity index is 2.96. The fraction of sp³-hybridized carbons (Fsp3) is 0.429. The van der Waals surface area contributed by atoms with E-state index in [1.165, 1.54) is 0 Å². The normalized spacial score (nSPS) is 12.3. The third-order valence-electron chi connectivity index (χ3n) is 2.62. The number of rotatable bonds is 5. The van der Waals surface area contributed by atoms with E-state index in [9.17, 15) is 9.59 Å². The third-order valence-corrected chi connectivity index (χ3v) is 3.15. The van der Waals surface area contributed by atoms with E-state index in [4.69, 9.17) is 4.74 Å². The average Bonchev–Trinajstić information content (AvgIpc) is 2.29. The van der Waals surface area contributed by atoms with E-state index in [0.717, 1.165) is 4.47 Å². The predicted molar refractivity (Wildman–Crippen MR) is 73.4 cm³/mol. The number of carbonyl (C=O) groups is 2. The van der Waals surface area contributed by atoms with Crippen LogP contribution in [0.3, 0.4) is 0 Å². The Morgan fingerprint density at radius 1 is 1.22 bits per heavy atom. The van der Waals surface area contributed by atoms with Gasteiger partial charge in [-0.3, -0.25) is 9.59 Å². The molecule has 1 unspecified atom stereocenters. The zero-order valence-corrected chi connectivity index (χ0v) is 12.4. The molecule has 0 fully saturated rings. The summed E-state index contributed by atoms with van der Waals surface area (Å²) in [5, 5.41) is 0. The maximum atomic E-state index is 12.3. The number of hydrogen-bond acceptors (Lipinski definition) is 3. The molecule has 1 aromatic carbocycles. The molecule has 3 nitrogen and oxygen atoms in total. The summed E-state index contributed by atoms with van der Waals surface area (Å²) in [6.45, 7) is 5.71. The number of benzene rings is 1. The highest BCUT2D eigenvalue weighted by Gasteiger charge is 2.31. The first kappa shape index (κ1) is 14.9. The van der Waals surface area contributed by atoms with Gasteiger partial charge in [-0.1, -0.05) is 41.9 Å². The molecule has 1 rings (SSSR count). The van der Waals surface area contributed by atoms with Crippen molar-refractivity contribution in [2.24, 2.45) is 11.8 Å². The van der Waals surface area contributed by atoms with Gasteiger partial charge in [-0.25, -0.2) is 0 Å². The molecule has 1 atom stereocenters. The summed E-state index contributed by atoms with van der Waals surface area (Å²) in [7, 11) is 0. The van der Waals surface area contributed by atoms with Crippen LogP contribution in [0, 0.1) is 11.8 Å². The summed E-state index contributed by atoms with van der Waals surface area (Å²) >= 11 is 3.31. The Kier molecular flexibility index (Phi) is 5.54. The summed E-state index contributed by atoms with van der Waals surface area (Å²) in [5.74, 6) is -1.44. The highest BCUT2D eigenvalue weighted by Crippen LogP contribution is 2.20. The minimum absolute atomic E-state index is 0.0832. The second-order valence-corrected chi connectivity index (χ2v) is 5.26. The van der Waals surface area contributed by atoms with Gasteiger partial charge in [0, 0.05) is 10.0 Å². The van der Waals surface area contributed by atoms with Gasteiger partial charge in [0.05, 0.1) is 6.61 Å². The van der Waals surface area contributed by atoms with E-state index < -0.39 is 11.9 Å². The fourth-order valence-electron chi connectivity index (χ4n) is 1.71. The number of hydrogen-bond donors (Lipinski definition) is 0. The molecular formula is C14H17BrO3. The number of Topliss-reactive ketones (excluding diaryl/α,β-unsaturated/α-hetero) is 1. The van der Waals surface area contributed by atoms with Gasteiger partial charge in [0.2, 0.25) is 0 Å². The molecular weight excluding hydrogens is 296 g/mol. The van der Waals surface area contributed by atoms with Crippen LogP contribution in [-0.4, -0.2) is 18.4 Å². The van der Waals surface area contributed by atoms with Gasteiger partial charge < -0.3 is 4.74 Å². The van der Waals surface area contributed by atoms with Crippen molar-refractivity contribution in [2.75, 3.05) is 6.61 Å². The topological polar surface area (TPSA) is 43.4 Å². The lowest BCUT2D eigenvalue weighted by Crippen LogP contribution is -2.30. The number of ketones is 1. The Morgan fingerprint density at radius 3 is 2.22 bits per heavy atom. The summed E-state index contributed by atoms with van der Waals surface area (Å²) in [6, 6.07) is 6.99. The Hall–Kier alpha value is -1.16. The number of halogens is 1. The summed E-state index contributed by atoms with van der Waals surface area (Å²) < 4.78 is 5.86. The lowest BCUT2D eigenvalue weighted by Gasteiger charge is -2.17. The molecule has 0 aromatic heterocycles. The molecule has 0 amide bonds. The van der Waals surface area contributed by atoms with Gasteiger partial charge in [0.1, 0.15) is 5.92 Å². The first-order valence-corrected chi connectivity index (χ1v) is 6.73. The van der Waals surface area contributed by atoms with Crippen LogP contribution in [0.2, 0.25) is 0 Å². The van der Waals surface area contributed by atoms with Gasteiger partial charge in [0.25, 0.3) is 0 Å². The zero-order valence-electron chi connectivity index (χ0n) is 10.8. The molecule has 18 heavy (non-hydrogen) atoms. The molecule has 0 aliphatic rings. The molecule has 0 saturated heterocycles. The minimum atomic E-state index is -0.730. The van der Waals surface area contributed by atoms with Gasteiger partial charge in [0.15, 0.2) is 5.78 Å². The van der Waals surface area contributed by atoms with Gasteiger partial charge in [-0.2, -0.15) is 0 Å². The van der Waals surface area contributed by atoms with E-state index >= 15 is 0 Å². The lowest BCUT2D eigenvalue weighted by molar-refractivity contribution is -0.147. The van der Waals surface area contributed by atoms with Crippen LogP contribution in [0.15, 0.2) is 28.7 Å². The van der Waals surface area contributed by atoms with Gasteiger partial charge in [-0.05, 0) is 25.0 Å². The van der Waals surface area contributed by atoms with Crippen molar-refractivity contribution >= 4 is 27.7 Å². The second-order valence-electron chi connectivity index (χ2n) is 4.34. The molecule has 0 aliphatic carbocycles. The molecule has 98 valence electrons. The van der Waals surface area contributed by atoms with Crippen molar-refractivity contribution in [1.29, 1.82) is 0 Å². The predicted octanol–water partition coefficient (Wildman–Crippen LogP) is 3.47. The summed E-state index contributed by atoms with van der Waals surface area (Å²) in [6.07, 6.45) is 0. The van der Waals surface area contributed by atoms with Gasteiger partial charge >= 0.3 is 5.97 Å². The van der Waals surface area contributed by atoms with E-state index in [0.29, 0.717) is 5.56 Å². The molecule has 0 bridgehead atoms. The van der Waals surface area contributed by atoms with Crippen LogP contribution >= 0.6 is 15.9 Å². The molecule has 0 radical (unpaired) electrons. The van der Waals surface area contributed by atoms with Crippen molar-refractivity contribution < 1.29 is 14.3 Å². The van der Waals surface area contributed by atoms with E-state index in [-0.39, 0.29) is 18.3 Å². The number of ether oxygens (including phenoxy) is 1.